The molecule has 4 rings (SSSR count). The highest BCUT2D eigenvalue weighted by atomic mass is 32.2. The Bertz CT molecular complexity index is 1310. The summed E-state index contributed by atoms with van der Waals surface area (Å²) < 4.78 is 12.7. The van der Waals surface area contributed by atoms with Crippen LogP contribution in [-0.4, -0.2) is 28.3 Å². The minimum absolute atomic E-state index is 0.00907. The number of ether oxygens (including phenoxy) is 2. The summed E-state index contributed by atoms with van der Waals surface area (Å²) in [5, 5.41) is 4.39. The van der Waals surface area contributed by atoms with Gasteiger partial charge in [-0.05, 0) is 44.5 Å². The summed E-state index contributed by atoms with van der Waals surface area (Å²) in [6.45, 7) is 6.54. The number of aryl methyl sites for hydroxylation is 2. The third kappa shape index (κ3) is 4.22. The van der Waals surface area contributed by atoms with Gasteiger partial charge >= 0.3 is 0 Å². The van der Waals surface area contributed by atoms with Crippen LogP contribution >= 0.6 is 34.4 Å². The van der Waals surface area contributed by atoms with Gasteiger partial charge in [-0.1, -0.05) is 11.8 Å². The van der Waals surface area contributed by atoms with Crippen LogP contribution in [0.25, 0.3) is 20.8 Å². The molecule has 31 heavy (non-hydrogen) atoms. The van der Waals surface area contributed by atoms with Gasteiger partial charge in [0.2, 0.25) is 0 Å². The lowest BCUT2D eigenvalue weighted by atomic mass is 10.2. The highest BCUT2D eigenvalue weighted by molar-refractivity contribution is 7.98. The maximum Gasteiger partial charge on any atom is 0.262 e. The molecule has 162 valence electrons. The molecular formula is C22H23N3O3S3. The number of benzene rings is 1. The number of nitrogens with zero attached hydrogens (tertiary/aromatic N) is 3. The van der Waals surface area contributed by atoms with E-state index in [2.05, 4.69) is 0 Å². The van der Waals surface area contributed by atoms with Crippen molar-refractivity contribution in [2.45, 2.75) is 31.7 Å². The molecule has 0 aliphatic heterocycles. The molecule has 0 aliphatic carbocycles. The van der Waals surface area contributed by atoms with Gasteiger partial charge in [0, 0.05) is 28.6 Å². The summed E-state index contributed by atoms with van der Waals surface area (Å²) in [6.07, 6.45) is 0. The van der Waals surface area contributed by atoms with E-state index >= 15 is 0 Å². The summed E-state index contributed by atoms with van der Waals surface area (Å²) in [5.74, 6) is 2.06. The monoisotopic (exact) mass is 473 g/mol. The molecule has 0 spiro atoms. The number of thiophene rings is 1. The van der Waals surface area contributed by atoms with Crippen LogP contribution in [0.4, 0.5) is 0 Å². The van der Waals surface area contributed by atoms with Crippen molar-refractivity contribution in [2.75, 3.05) is 13.7 Å². The molecule has 0 amide bonds. The van der Waals surface area contributed by atoms with Gasteiger partial charge < -0.3 is 9.47 Å². The van der Waals surface area contributed by atoms with E-state index in [1.807, 2.05) is 44.4 Å². The molecule has 4 aromatic rings. The molecule has 9 heteroatoms. The fraction of sp³-hybridized carbons (Fsp3) is 0.318. The normalized spacial score (nSPS) is 11.3. The van der Waals surface area contributed by atoms with E-state index in [9.17, 15) is 4.79 Å². The summed E-state index contributed by atoms with van der Waals surface area (Å²) in [4.78, 5) is 24.2. The molecule has 0 saturated carbocycles. The lowest BCUT2D eigenvalue weighted by Gasteiger charge is -2.10. The van der Waals surface area contributed by atoms with Gasteiger partial charge in [-0.15, -0.1) is 22.7 Å². The second kappa shape index (κ2) is 9.02. The summed E-state index contributed by atoms with van der Waals surface area (Å²) in [7, 11) is 3.42. The van der Waals surface area contributed by atoms with E-state index in [-0.39, 0.29) is 5.56 Å². The SMILES string of the molecule is CCOc1ccc(-c2nc(CSc3nc4sc(C)c(C)c4c(=O)n3C)cs2)cc1OC. The van der Waals surface area contributed by atoms with Crippen molar-refractivity contribution in [2.24, 2.45) is 7.05 Å². The van der Waals surface area contributed by atoms with E-state index in [1.54, 1.807) is 41.4 Å². The Kier molecular flexibility index (Phi) is 6.36. The Morgan fingerprint density at radius 1 is 1.19 bits per heavy atom. The van der Waals surface area contributed by atoms with E-state index < -0.39 is 0 Å². The van der Waals surface area contributed by atoms with Crippen LogP contribution in [0, 0.1) is 13.8 Å². The third-order valence-electron chi connectivity index (χ3n) is 4.98. The minimum atomic E-state index is 0.00907. The Balaban J connectivity index is 1.55. The number of fused-ring (bicyclic) bond motifs is 1. The molecular weight excluding hydrogens is 450 g/mol. The van der Waals surface area contributed by atoms with Gasteiger partial charge in [-0.25, -0.2) is 9.97 Å². The first kappa shape index (κ1) is 21.9. The van der Waals surface area contributed by atoms with Gasteiger partial charge in [0.1, 0.15) is 9.84 Å². The third-order valence-corrected chi connectivity index (χ3v) is 8.09. The van der Waals surface area contributed by atoms with Crippen LogP contribution in [0.5, 0.6) is 11.5 Å². The predicted octanol–water partition coefficient (Wildman–Crippen LogP) is 5.43. The zero-order valence-corrected chi connectivity index (χ0v) is 20.5. The molecule has 3 aromatic heterocycles. The first-order chi connectivity index (χ1) is 14.9. The Morgan fingerprint density at radius 2 is 2.00 bits per heavy atom. The maximum absolute atomic E-state index is 12.8. The van der Waals surface area contributed by atoms with Crippen molar-refractivity contribution >= 4 is 44.7 Å². The molecule has 1 aromatic carbocycles. The number of hydrogen-bond acceptors (Lipinski definition) is 8. The fourth-order valence-corrected chi connectivity index (χ4v) is 6.06. The van der Waals surface area contributed by atoms with E-state index in [4.69, 9.17) is 19.4 Å². The topological polar surface area (TPSA) is 66.2 Å². The summed E-state index contributed by atoms with van der Waals surface area (Å²) in [6, 6.07) is 5.85. The highest BCUT2D eigenvalue weighted by Gasteiger charge is 2.16. The lowest BCUT2D eigenvalue weighted by Crippen LogP contribution is -2.19. The van der Waals surface area contributed by atoms with Crippen molar-refractivity contribution in [3.05, 3.63) is 50.1 Å². The molecule has 3 heterocycles. The molecule has 0 fully saturated rings. The van der Waals surface area contributed by atoms with Crippen molar-refractivity contribution < 1.29 is 9.47 Å². The molecule has 0 unspecified atom stereocenters. The molecule has 0 aliphatic rings. The first-order valence-electron chi connectivity index (χ1n) is 9.78. The number of thiazole rings is 1. The minimum Gasteiger partial charge on any atom is -0.493 e. The van der Waals surface area contributed by atoms with Gasteiger partial charge in [-0.3, -0.25) is 9.36 Å². The van der Waals surface area contributed by atoms with Crippen molar-refractivity contribution in [1.29, 1.82) is 0 Å². The van der Waals surface area contributed by atoms with Crippen LogP contribution in [0.1, 0.15) is 23.1 Å². The average Bonchev–Trinajstić information content (AvgIpc) is 3.35. The smallest absolute Gasteiger partial charge is 0.262 e. The number of rotatable bonds is 7. The quantitative estimate of drug-likeness (QED) is 0.263. The van der Waals surface area contributed by atoms with Crippen LogP contribution in [-0.2, 0) is 12.8 Å². The van der Waals surface area contributed by atoms with Crippen LogP contribution in [0.2, 0.25) is 0 Å². The van der Waals surface area contributed by atoms with Crippen molar-refractivity contribution in [3.63, 3.8) is 0 Å². The van der Waals surface area contributed by atoms with Crippen molar-refractivity contribution in [3.8, 4) is 22.1 Å². The Labute approximate surface area is 192 Å². The molecule has 0 radical (unpaired) electrons. The maximum atomic E-state index is 12.8. The molecule has 6 nitrogen and oxygen atoms in total. The van der Waals surface area contributed by atoms with E-state index in [1.165, 1.54) is 11.8 Å². The van der Waals surface area contributed by atoms with E-state index in [0.717, 1.165) is 42.7 Å². The standard InChI is InChI=1S/C22H23N3O3S3/c1-6-28-16-8-7-14(9-17(16)27-5)19-23-15(10-29-19)11-30-22-24-20-18(21(26)25(22)4)12(2)13(3)31-20/h7-10H,6,11H2,1-5H3. The van der Waals surface area contributed by atoms with Crippen LogP contribution in [0.15, 0.2) is 33.5 Å². The molecule has 0 bridgehead atoms. The Hall–Kier alpha value is -2.36. The summed E-state index contributed by atoms with van der Waals surface area (Å²) >= 11 is 4.68. The van der Waals surface area contributed by atoms with Crippen LogP contribution < -0.4 is 15.0 Å². The average molecular weight is 474 g/mol. The van der Waals surface area contributed by atoms with Crippen molar-refractivity contribution in [1.82, 2.24) is 14.5 Å². The fourth-order valence-electron chi connectivity index (χ4n) is 3.20. The van der Waals surface area contributed by atoms with Gasteiger partial charge in [0.25, 0.3) is 5.56 Å². The second-order valence-corrected chi connectivity index (χ2v) is 9.96. The second-order valence-electron chi connectivity index (χ2n) is 6.95. The van der Waals surface area contributed by atoms with Gasteiger partial charge in [0.05, 0.1) is 24.8 Å². The lowest BCUT2D eigenvalue weighted by molar-refractivity contribution is 0.311. The zero-order chi connectivity index (χ0) is 22.1. The Morgan fingerprint density at radius 3 is 2.74 bits per heavy atom. The van der Waals surface area contributed by atoms with Gasteiger partial charge in [0.15, 0.2) is 16.7 Å². The molecule has 0 atom stereocenters. The number of hydrogen-bond donors (Lipinski definition) is 0. The zero-order valence-electron chi connectivity index (χ0n) is 18.0. The molecule has 0 N–H and O–H groups in total. The largest absolute Gasteiger partial charge is 0.493 e. The number of aromatic nitrogens is 3. The van der Waals surface area contributed by atoms with E-state index in [0.29, 0.717) is 23.3 Å². The van der Waals surface area contributed by atoms with Crippen LogP contribution in [0.3, 0.4) is 0 Å². The first-order valence-corrected chi connectivity index (χ1v) is 12.5. The number of methoxy groups -OCH3 is 1. The van der Waals surface area contributed by atoms with Gasteiger partial charge in [-0.2, -0.15) is 0 Å². The summed E-state index contributed by atoms with van der Waals surface area (Å²) in [5.41, 5.74) is 2.97. The highest BCUT2D eigenvalue weighted by Crippen LogP contribution is 2.35. The predicted molar refractivity (Wildman–Crippen MR) is 129 cm³/mol. The number of thioether (sulfide) groups is 1. The molecule has 0 saturated heterocycles.